The van der Waals surface area contributed by atoms with Gasteiger partial charge in [-0.3, -0.25) is 0 Å². The monoisotopic (exact) mass is 262 g/mol. The molecule has 0 spiro atoms. The van der Waals surface area contributed by atoms with Crippen molar-refractivity contribution in [2.75, 3.05) is 0 Å². The van der Waals surface area contributed by atoms with E-state index in [-0.39, 0.29) is 12.8 Å². The van der Waals surface area contributed by atoms with Gasteiger partial charge in [-0.05, 0) is 41.9 Å². The van der Waals surface area contributed by atoms with E-state index in [1.807, 2.05) is 13.8 Å². The van der Waals surface area contributed by atoms with Gasteiger partial charge in [-0.15, -0.1) is 0 Å². The maximum Gasteiger partial charge on any atom is -0.0100 e. The second-order valence-corrected chi connectivity index (χ2v) is 4.97. The van der Waals surface area contributed by atoms with Crippen LogP contribution in [0.25, 0.3) is 6.08 Å². The van der Waals surface area contributed by atoms with Crippen LogP contribution >= 0.6 is 0 Å². The fraction of sp³-hybridized carbons (Fsp3) is 0.579. The highest BCUT2D eigenvalue weighted by molar-refractivity contribution is 5.59. The quantitative estimate of drug-likeness (QED) is 0.571. The van der Waals surface area contributed by atoms with Crippen molar-refractivity contribution >= 4 is 6.08 Å². The minimum atomic E-state index is 0. The van der Waals surface area contributed by atoms with Crippen LogP contribution in [0.5, 0.6) is 0 Å². The van der Waals surface area contributed by atoms with E-state index in [0.717, 1.165) is 6.42 Å². The molecular weight excluding hydrogens is 228 g/mol. The largest absolute Gasteiger partial charge is 0.0870 e. The first-order valence-electron chi connectivity index (χ1n) is 7.31. The Morgan fingerprint density at radius 2 is 1.68 bits per heavy atom. The van der Waals surface area contributed by atoms with Gasteiger partial charge in [-0.1, -0.05) is 79.3 Å². The number of aryl methyl sites for hydroxylation is 1. The smallest absolute Gasteiger partial charge is 0.0100 e. The maximum atomic E-state index is 2.33. The first kappa shape index (κ1) is 20.3. The molecule has 0 radical (unpaired) electrons. The molecule has 0 heteroatoms. The highest BCUT2D eigenvalue weighted by Gasteiger charge is 2.21. The molecule has 1 aromatic carbocycles. The molecule has 0 bridgehead atoms. The van der Waals surface area contributed by atoms with E-state index in [4.69, 9.17) is 0 Å². The molecule has 110 valence electrons. The molecule has 0 aliphatic rings. The van der Waals surface area contributed by atoms with E-state index in [1.165, 1.54) is 23.1 Å². The van der Waals surface area contributed by atoms with Crippen LogP contribution in [0, 0.1) is 0 Å². The standard InChI is InChI=1S/C16H24.C2H6.CH4/c1-6-10-14-13(7-2)11-9-12-15(14)16(4,5)8-3;1-2;/h6,9-12H,7-8H2,1-5H3;1-2H3;1H4/b10-6-;;. The van der Waals surface area contributed by atoms with Gasteiger partial charge in [0.2, 0.25) is 0 Å². The first-order chi connectivity index (χ1) is 8.56. The van der Waals surface area contributed by atoms with Gasteiger partial charge in [0.15, 0.2) is 0 Å². The molecule has 0 saturated carbocycles. The number of rotatable bonds is 4. The van der Waals surface area contributed by atoms with Gasteiger partial charge in [-0.25, -0.2) is 0 Å². The van der Waals surface area contributed by atoms with E-state index < -0.39 is 0 Å². The highest BCUT2D eigenvalue weighted by atomic mass is 14.3. The van der Waals surface area contributed by atoms with Gasteiger partial charge in [-0.2, -0.15) is 0 Å². The molecule has 0 atom stereocenters. The molecule has 19 heavy (non-hydrogen) atoms. The molecule has 0 fully saturated rings. The summed E-state index contributed by atoms with van der Waals surface area (Å²) < 4.78 is 0. The summed E-state index contributed by atoms with van der Waals surface area (Å²) in [5, 5.41) is 0. The second kappa shape index (κ2) is 9.83. The third-order valence-corrected chi connectivity index (χ3v) is 3.52. The van der Waals surface area contributed by atoms with Gasteiger partial charge in [0, 0.05) is 0 Å². The predicted octanol–water partition coefficient (Wildman–Crippen LogP) is 6.63. The third-order valence-electron chi connectivity index (χ3n) is 3.52. The summed E-state index contributed by atoms with van der Waals surface area (Å²) in [6.45, 7) is 15.2. The molecule has 0 saturated heterocycles. The van der Waals surface area contributed by atoms with Gasteiger partial charge >= 0.3 is 0 Å². The summed E-state index contributed by atoms with van der Waals surface area (Å²) in [4.78, 5) is 0. The summed E-state index contributed by atoms with van der Waals surface area (Å²) in [6, 6.07) is 6.71. The van der Waals surface area contributed by atoms with Crippen molar-refractivity contribution in [2.45, 2.75) is 74.1 Å². The summed E-state index contributed by atoms with van der Waals surface area (Å²) in [6.07, 6.45) is 6.67. The molecule has 0 amide bonds. The third kappa shape index (κ3) is 5.22. The molecule has 0 nitrogen and oxygen atoms in total. The lowest BCUT2D eigenvalue weighted by Gasteiger charge is -2.27. The lowest BCUT2D eigenvalue weighted by atomic mass is 9.78. The second-order valence-electron chi connectivity index (χ2n) is 4.97. The lowest BCUT2D eigenvalue weighted by molar-refractivity contribution is 0.505. The Bertz CT molecular complexity index is 370. The van der Waals surface area contributed by atoms with Crippen molar-refractivity contribution < 1.29 is 0 Å². The van der Waals surface area contributed by atoms with E-state index in [0.29, 0.717) is 0 Å². The molecule has 1 aromatic rings. The Balaban J connectivity index is 0. The average Bonchev–Trinajstić information content (AvgIpc) is 2.41. The van der Waals surface area contributed by atoms with Crippen LogP contribution in [-0.4, -0.2) is 0 Å². The molecule has 0 heterocycles. The van der Waals surface area contributed by atoms with Crippen LogP contribution < -0.4 is 0 Å². The van der Waals surface area contributed by atoms with Crippen molar-refractivity contribution in [1.29, 1.82) is 0 Å². The first-order valence-corrected chi connectivity index (χ1v) is 7.31. The minimum Gasteiger partial charge on any atom is -0.0870 e. The van der Waals surface area contributed by atoms with E-state index >= 15 is 0 Å². The predicted molar refractivity (Wildman–Crippen MR) is 91.9 cm³/mol. The van der Waals surface area contributed by atoms with Crippen LogP contribution in [0.2, 0.25) is 0 Å². The Labute approximate surface area is 121 Å². The molecule has 0 N–H and O–H groups in total. The summed E-state index contributed by atoms with van der Waals surface area (Å²) in [7, 11) is 0. The Kier molecular flexibility index (Phi) is 10.5. The van der Waals surface area contributed by atoms with Crippen molar-refractivity contribution in [1.82, 2.24) is 0 Å². The van der Waals surface area contributed by atoms with Crippen LogP contribution in [0.3, 0.4) is 0 Å². The fourth-order valence-electron chi connectivity index (χ4n) is 2.07. The zero-order valence-corrected chi connectivity index (χ0v) is 13.3. The van der Waals surface area contributed by atoms with E-state index in [2.05, 4.69) is 65.0 Å². The summed E-state index contributed by atoms with van der Waals surface area (Å²) >= 11 is 0. The average molecular weight is 262 g/mol. The van der Waals surface area contributed by atoms with E-state index in [1.54, 1.807) is 0 Å². The topological polar surface area (TPSA) is 0 Å². The maximum absolute atomic E-state index is 2.33. The van der Waals surface area contributed by atoms with Crippen molar-refractivity contribution in [3.05, 3.63) is 41.0 Å². The summed E-state index contributed by atoms with van der Waals surface area (Å²) in [5.41, 5.74) is 4.63. The fourth-order valence-corrected chi connectivity index (χ4v) is 2.07. The minimum absolute atomic E-state index is 0. The molecule has 0 aliphatic carbocycles. The van der Waals surface area contributed by atoms with Gasteiger partial charge in [0.25, 0.3) is 0 Å². The SMILES string of the molecule is C.C/C=C\c1c(CC)cccc1C(C)(C)CC.CC. The molecule has 1 rings (SSSR count). The van der Waals surface area contributed by atoms with E-state index in [9.17, 15) is 0 Å². The lowest BCUT2D eigenvalue weighted by Crippen LogP contribution is -2.17. The number of hydrogen-bond acceptors (Lipinski definition) is 0. The van der Waals surface area contributed by atoms with Gasteiger partial charge in [0.1, 0.15) is 0 Å². The van der Waals surface area contributed by atoms with Crippen LogP contribution in [0.1, 0.15) is 79.0 Å². The molecule has 0 aliphatic heterocycles. The molecule has 0 aromatic heterocycles. The van der Waals surface area contributed by atoms with Crippen LogP contribution in [-0.2, 0) is 11.8 Å². The Morgan fingerprint density at radius 3 is 2.11 bits per heavy atom. The van der Waals surface area contributed by atoms with Gasteiger partial charge in [0.05, 0.1) is 0 Å². The van der Waals surface area contributed by atoms with Crippen LogP contribution in [0.15, 0.2) is 24.3 Å². The Hall–Kier alpha value is -1.04. The zero-order chi connectivity index (χ0) is 14.2. The van der Waals surface area contributed by atoms with Crippen LogP contribution in [0.4, 0.5) is 0 Å². The number of allylic oxidation sites excluding steroid dienone is 1. The van der Waals surface area contributed by atoms with Crippen molar-refractivity contribution in [3.8, 4) is 0 Å². The molecular formula is C19H34. The Morgan fingerprint density at radius 1 is 1.11 bits per heavy atom. The van der Waals surface area contributed by atoms with Gasteiger partial charge < -0.3 is 0 Å². The number of hydrogen-bond donors (Lipinski definition) is 0. The molecule has 0 unspecified atom stereocenters. The summed E-state index contributed by atoms with van der Waals surface area (Å²) in [5.74, 6) is 0. The normalized spacial score (nSPS) is 10.7. The van der Waals surface area contributed by atoms with Crippen molar-refractivity contribution in [2.24, 2.45) is 0 Å². The highest BCUT2D eigenvalue weighted by Crippen LogP contribution is 2.32. The van der Waals surface area contributed by atoms with Crippen molar-refractivity contribution in [3.63, 3.8) is 0 Å². The number of benzene rings is 1. The zero-order valence-electron chi connectivity index (χ0n) is 13.3.